The number of para-hydroxylation sites is 1. The minimum Gasteiger partial charge on any atom is -0.368 e. The molecule has 1 unspecified atom stereocenters. The Balaban J connectivity index is 2.12. The highest BCUT2D eigenvalue weighted by Gasteiger charge is 2.29. The van der Waals surface area contributed by atoms with E-state index in [1.54, 1.807) is 37.1 Å². The van der Waals surface area contributed by atoms with Crippen LogP contribution in [-0.4, -0.2) is 29.2 Å². The van der Waals surface area contributed by atoms with Gasteiger partial charge in [0.05, 0.1) is 10.2 Å². The molecule has 96 valence electrons. The van der Waals surface area contributed by atoms with Crippen molar-refractivity contribution < 1.29 is 4.79 Å². The van der Waals surface area contributed by atoms with Gasteiger partial charge >= 0.3 is 0 Å². The molecule has 0 bridgehead atoms. The number of primary amides is 1. The fourth-order valence-electron chi connectivity index (χ4n) is 1.39. The van der Waals surface area contributed by atoms with Gasteiger partial charge in [-0.3, -0.25) is 4.79 Å². The zero-order chi connectivity index (χ0) is 13.2. The highest BCUT2D eigenvalue weighted by atomic mass is 32.2. The zero-order valence-electron chi connectivity index (χ0n) is 10.3. The Morgan fingerprint density at radius 1 is 1.56 bits per heavy atom. The second-order valence-electron chi connectivity index (χ2n) is 4.18. The first-order valence-corrected chi connectivity index (χ1v) is 7.32. The van der Waals surface area contributed by atoms with E-state index in [0.717, 1.165) is 14.6 Å². The van der Waals surface area contributed by atoms with E-state index in [-0.39, 0.29) is 5.91 Å². The van der Waals surface area contributed by atoms with Gasteiger partial charge in [-0.15, -0.1) is 11.3 Å². The van der Waals surface area contributed by atoms with Crippen LogP contribution in [-0.2, 0) is 4.79 Å². The summed E-state index contributed by atoms with van der Waals surface area (Å²) in [5.41, 5.74) is 5.68. The van der Waals surface area contributed by atoms with Gasteiger partial charge in [0.1, 0.15) is 5.54 Å². The standard InChI is InChI=1S/C12H15N3OS2/c1-12(14-2,10(13)16)7-17-11-15-8-5-3-4-6-9(8)18-11/h3-6,14H,7H2,1-2H3,(H2,13,16). The summed E-state index contributed by atoms with van der Waals surface area (Å²) < 4.78 is 2.11. The Labute approximate surface area is 114 Å². The molecular weight excluding hydrogens is 266 g/mol. The van der Waals surface area contributed by atoms with Crippen molar-refractivity contribution >= 4 is 39.2 Å². The number of nitrogens with one attached hydrogen (secondary N) is 1. The van der Waals surface area contributed by atoms with Gasteiger partial charge < -0.3 is 11.1 Å². The maximum Gasteiger partial charge on any atom is 0.238 e. The molecule has 1 amide bonds. The number of rotatable bonds is 5. The van der Waals surface area contributed by atoms with Crippen LogP contribution in [0.2, 0.25) is 0 Å². The van der Waals surface area contributed by atoms with Gasteiger partial charge in [0, 0.05) is 5.75 Å². The summed E-state index contributed by atoms with van der Waals surface area (Å²) in [5, 5.41) is 2.96. The van der Waals surface area contributed by atoms with Gasteiger partial charge in [-0.05, 0) is 26.1 Å². The number of thioether (sulfide) groups is 1. The molecule has 0 aliphatic heterocycles. The smallest absolute Gasteiger partial charge is 0.238 e. The van der Waals surface area contributed by atoms with Crippen molar-refractivity contribution in [1.29, 1.82) is 0 Å². The lowest BCUT2D eigenvalue weighted by atomic mass is 10.1. The van der Waals surface area contributed by atoms with Gasteiger partial charge in [0.15, 0.2) is 4.34 Å². The molecule has 18 heavy (non-hydrogen) atoms. The van der Waals surface area contributed by atoms with Crippen LogP contribution in [0.3, 0.4) is 0 Å². The van der Waals surface area contributed by atoms with Crippen molar-refractivity contribution in [2.45, 2.75) is 16.8 Å². The van der Waals surface area contributed by atoms with E-state index in [1.807, 2.05) is 24.3 Å². The molecule has 3 N–H and O–H groups in total. The average molecular weight is 281 g/mol. The SMILES string of the molecule is CNC(C)(CSc1nc2ccccc2s1)C(N)=O. The molecule has 1 aromatic carbocycles. The van der Waals surface area contributed by atoms with Crippen LogP contribution in [0.1, 0.15) is 6.92 Å². The Morgan fingerprint density at radius 2 is 2.28 bits per heavy atom. The Kier molecular flexibility index (Phi) is 3.89. The molecule has 6 heteroatoms. The summed E-state index contributed by atoms with van der Waals surface area (Å²) in [6.45, 7) is 1.80. The van der Waals surface area contributed by atoms with Crippen molar-refractivity contribution in [3.63, 3.8) is 0 Å². The third-order valence-electron chi connectivity index (χ3n) is 2.85. The summed E-state index contributed by atoms with van der Waals surface area (Å²) in [5.74, 6) is 0.220. The number of aromatic nitrogens is 1. The van der Waals surface area contributed by atoms with Crippen LogP contribution in [0.4, 0.5) is 0 Å². The van der Waals surface area contributed by atoms with Crippen molar-refractivity contribution in [3.8, 4) is 0 Å². The first-order valence-electron chi connectivity index (χ1n) is 5.52. The lowest BCUT2D eigenvalue weighted by Gasteiger charge is -2.24. The number of fused-ring (bicyclic) bond motifs is 1. The van der Waals surface area contributed by atoms with Crippen LogP contribution in [0.15, 0.2) is 28.6 Å². The lowest BCUT2D eigenvalue weighted by molar-refractivity contribution is -0.122. The third-order valence-corrected chi connectivity index (χ3v) is 5.35. The van der Waals surface area contributed by atoms with E-state index in [1.165, 1.54) is 0 Å². The maximum atomic E-state index is 11.4. The first kappa shape index (κ1) is 13.3. The molecule has 4 nitrogen and oxygen atoms in total. The zero-order valence-corrected chi connectivity index (χ0v) is 11.9. The Morgan fingerprint density at radius 3 is 2.89 bits per heavy atom. The lowest BCUT2D eigenvalue weighted by Crippen LogP contribution is -2.53. The molecule has 0 spiro atoms. The average Bonchev–Trinajstić information content (AvgIpc) is 2.78. The van der Waals surface area contributed by atoms with Gasteiger partial charge in [-0.1, -0.05) is 23.9 Å². The molecule has 0 fully saturated rings. The minimum atomic E-state index is -0.706. The Bertz CT molecular complexity index is 536. The van der Waals surface area contributed by atoms with Crippen LogP contribution < -0.4 is 11.1 Å². The van der Waals surface area contributed by atoms with E-state index >= 15 is 0 Å². The number of benzene rings is 1. The molecule has 1 heterocycles. The van der Waals surface area contributed by atoms with E-state index in [9.17, 15) is 4.79 Å². The van der Waals surface area contributed by atoms with Gasteiger partial charge in [-0.25, -0.2) is 4.98 Å². The fraction of sp³-hybridized carbons (Fsp3) is 0.333. The maximum absolute atomic E-state index is 11.4. The quantitative estimate of drug-likeness (QED) is 0.821. The van der Waals surface area contributed by atoms with Gasteiger partial charge in [0.25, 0.3) is 0 Å². The van der Waals surface area contributed by atoms with Crippen molar-refractivity contribution in [3.05, 3.63) is 24.3 Å². The van der Waals surface area contributed by atoms with Crippen molar-refractivity contribution in [1.82, 2.24) is 10.3 Å². The largest absolute Gasteiger partial charge is 0.368 e. The number of amides is 1. The number of likely N-dealkylation sites (N-methyl/N-ethyl adjacent to an activating group) is 1. The molecule has 0 aliphatic rings. The summed E-state index contributed by atoms with van der Waals surface area (Å²) in [6.07, 6.45) is 0. The fourth-order valence-corrected chi connectivity index (χ4v) is 3.63. The summed E-state index contributed by atoms with van der Waals surface area (Å²) in [4.78, 5) is 15.9. The summed E-state index contributed by atoms with van der Waals surface area (Å²) in [7, 11) is 1.74. The van der Waals surface area contributed by atoms with E-state index in [4.69, 9.17) is 5.73 Å². The number of carbonyl (C=O) groups is 1. The molecule has 1 atom stereocenters. The number of thiazole rings is 1. The van der Waals surface area contributed by atoms with E-state index in [0.29, 0.717) is 5.75 Å². The molecule has 0 saturated carbocycles. The monoisotopic (exact) mass is 281 g/mol. The molecule has 0 saturated heterocycles. The normalized spacial score (nSPS) is 14.6. The molecule has 0 radical (unpaired) electrons. The highest BCUT2D eigenvalue weighted by molar-refractivity contribution is 8.01. The minimum absolute atomic E-state index is 0.349. The van der Waals surface area contributed by atoms with E-state index in [2.05, 4.69) is 10.3 Å². The van der Waals surface area contributed by atoms with Gasteiger partial charge in [-0.2, -0.15) is 0 Å². The molecular formula is C12H15N3OS2. The number of hydrogen-bond acceptors (Lipinski definition) is 5. The van der Waals surface area contributed by atoms with Crippen LogP contribution in [0.25, 0.3) is 10.2 Å². The van der Waals surface area contributed by atoms with Crippen LogP contribution >= 0.6 is 23.1 Å². The number of carbonyl (C=O) groups excluding carboxylic acids is 1. The topological polar surface area (TPSA) is 68.0 Å². The van der Waals surface area contributed by atoms with Crippen LogP contribution in [0.5, 0.6) is 0 Å². The molecule has 2 rings (SSSR count). The summed E-state index contributed by atoms with van der Waals surface area (Å²) in [6, 6.07) is 8.00. The predicted molar refractivity (Wildman–Crippen MR) is 77.0 cm³/mol. The summed E-state index contributed by atoms with van der Waals surface area (Å²) >= 11 is 3.18. The van der Waals surface area contributed by atoms with E-state index < -0.39 is 5.54 Å². The highest BCUT2D eigenvalue weighted by Crippen LogP contribution is 2.30. The van der Waals surface area contributed by atoms with Gasteiger partial charge in [0.2, 0.25) is 5.91 Å². The van der Waals surface area contributed by atoms with Crippen LogP contribution in [0, 0.1) is 0 Å². The first-order chi connectivity index (χ1) is 8.55. The third kappa shape index (κ3) is 2.66. The predicted octanol–water partition coefficient (Wildman–Crippen LogP) is 1.85. The number of nitrogens with zero attached hydrogens (tertiary/aromatic N) is 1. The molecule has 0 aliphatic carbocycles. The van der Waals surface area contributed by atoms with Crippen molar-refractivity contribution in [2.24, 2.45) is 5.73 Å². The molecule has 1 aromatic heterocycles. The number of nitrogens with two attached hydrogens (primary N) is 1. The van der Waals surface area contributed by atoms with Crippen molar-refractivity contribution in [2.75, 3.05) is 12.8 Å². The Hall–Kier alpha value is -1.11. The number of hydrogen-bond donors (Lipinski definition) is 2. The second kappa shape index (κ2) is 5.26. The molecule has 2 aromatic rings. The second-order valence-corrected chi connectivity index (χ2v) is 6.44.